The van der Waals surface area contributed by atoms with Gasteiger partial charge in [-0.15, -0.1) is 0 Å². The summed E-state index contributed by atoms with van der Waals surface area (Å²) >= 11 is 0. The van der Waals surface area contributed by atoms with E-state index in [4.69, 9.17) is 10.1 Å². The molecule has 0 saturated carbocycles. The minimum atomic E-state index is 0.126. The van der Waals surface area contributed by atoms with Crippen LogP contribution in [0.25, 0.3) is 4.98 Å². The Kier molecular flexibility index (Phi) is 4.75. The summed E-state index contributed by atoms with van der Waals surface area (Å²) in [6.45, 7) is 11.4. The highest BCUT2D eigenvalue weighted by Gasteiger charge is 2.27. The maximum atomic E-state index is 8.69. The van der Waals surface area contributed by atoms with Gasteiger partial charge in [-0.25, -0.2) is 0 Å². The first-order valence-electron chi connectivity index (χ1n) is 7.93. The maximum absolute atomic E-state index is 8.69. The predicted octanol–water partition coefficient (Wildman–Crippen LogP) is 6.68. The molecule has 0 atom stereocenters. The van der Waals surface area contributed by atoms with Crippen molar-refractivity contribution in [2.45, 2.75) is 46.5 Å². The van der Waals surface area contributed by atoms with Gasteiger partial charge in [0.25, 0.3) is 0 Å². The van der Waals surface area contributed by atoms with Crippen LogP contribution in [0.1, 0.15) is 46.6 Å². The van der Waals surface area contributed by atoms with Crippen molar-refractivity contribution in [3.63, 3.8) is 0 Å². The van der Waals surface area contributed by atoms with Gasteiger partial charge in [0.2, 0.25) is 5.39 Å². The highest BCUT2D eigenvalue weighted by Crippen LogP contribution is 2.37. The first kappa shape index (κ1) is 17.0. The van der Waals surface area contributed by atoms with E-state index >= 15 is 0 Å². The molecule has 0 radical (unpaired) electrons. The van der Waals surface area contributed by atoms with Crippen molar-refractivity contribution in [1.82, 2.24) is 0 Å². The van der Waals surface area contributed by atoms with Crippen molar-refractivity contribution in [2.24, 2.45) is 5.41 Å². The summed E-state index contributed by atoms with van der Waals surface area (Å²) in [6.07, 6.45) is 1.12. The van der Waals surface area contributed by atoms with Crippen LogP contribution >= 0.6 is 0 Å². The van der Waals surface area contributed by atoms with Crippen LogP contribution in [0.15, 0.2) is 48.5 Å². The SMILES string of the molecule is CC(C)(C)CC(C)(C)c1ccc(Oc2ccc([N+]#N)cc2)cc1. The van der Waals surface area contributed by atoms with Gasteiger partial charge in [-0.05, 0) is 47.1 Å². The summed E-state index contributed by atoms with van der Waals surface area (Å²) in [7, 11) is 0. The number of rotatable bonds is 4. The normalized spacial score (nSPS) is 11.8. The van der Waals surface area contributed by atoms with Gasteiger partial charge >= 0.3 is 5.69 Å². The zero-order chi connectivity index (χ0) is 17.1. The van der Waals surface area contributed by atoms with Crippen LogP contribution in [0, 0.1) is 10.8 Å². The topological polar surface area (TPSA) is 37.4 Å². The number of hydrogen-bond donors (Lipinski definition) is 0. The molecule has 0 aliphatic rings. The van der Waals surface area contributed by atoms with Crippen molar-refractivity contribution in [3.8, 4) is 11.5 Å². The van der Waals surface area contributed by atoms with Crippen LogP contribution < -0.4 is 4.74 Å². The lowest BCUT2D eigenvalue weighted by atomic mass is 9.72. The van der Waals surface area contributed by atoms with Crippen molar-refractivity contribution < 1.29 is 4.74 Å². The average molecular weight is 309 g/mol. The second-order valence-electron chi connectivity index (χ2n) is 7.84. The smallest absolute Gasteiger partial charge is 0.385 e. The fourth-order valence-corrected chi connectivity index (χ4v) is 3.12. The Morgan fingerprint density at radius 3 is 1.74 bits per heavy atom. The number of ether oxygens (including phenoxy) is 1. The molecule has 23 heavy (non-hydrogen) atoms. The molecule has 120 valence electrons. The van der Waals surface area contributed by atoms with Crippen LogP contribution in [0.5, 0.6) is 11.5 Å². The molecule has 2 aromatic carbocycles. The van der Waals surface area contributed by atoms with Crippen molar-refractivity contribution in [3.05, 3.63) is 59.1 Å². The van der Waals surface area contributed by atoms with E-state index in [2.05, 4.69) is 51.7 Å². The second-order valence-corrected chi connectivity index (χ2v) is 7.84. The number of benzene rings is 2. The highest BCUT2D eigenvalue weighted by molar-refractivity contribution is 5.47. The van der Waals surface area contributed by atoms with Crippen molar-refractivity contribution >= 4 is 5.69 Å². The third-order valence-corrected chi connectivity index (χ3v) is 3.80. The Balaban J connectivity index is 2.11. The summed E-state index contributed by atoms with van der Waals surface area (Å²) in [6, 6.07) is 15.3. The molecule has 0 N–H and O–H groups in total. The molecule has 3 heteroatoms. The van der Waals surface area contributed by atoms with E-state index in [0.29, 0.717) is 5.69 Å². The molecule has 0 heterocycles. The molecule has 0 spiro atoms. The van der Waals surface area contributed by atoms with E-state index in [1.807, 2.05) is 12.1 Å². The lowest BCUT2D eigenvalue weighted by molar-refractivity contribution is 0.284. The molecule has 0 bridgehead atoms. The quantitative estimate of drug-likeness (QED) is 0.591. The highest BCUT2D eigenvalue weighted by atomic mass is 16.5. The van der Waals surface area contributed by atoms with E-state index in [-0.39, 0.29) is 10.8 Å². The van der Waals surface area contributed by atoms with Gasteiger partial charge in [-0.1, -0.05) is 46.8 Å². The summed E-state index contributed by atoms with van der Waals surface area (Å²) < 4.78 is 5.82. The standard InChI is InChI=1S/C20H25N2O/c1-19(2,3)14-20(4,5)15-6-10-17(11-7-15)23-18-12-8-16(22-21)9-13-18/h6-13H,14H2,1-5H3/q+1. The third-order valence-electron chi connectivity index (χ3n) is 3.80. The molecule has 0 unspecified atom stereocenters. The van der Waals surface area contributed by atoms with Gasteiger partial charge in [0.05, 0.1) is 0 Å². The summed E-state index contributed by atoms with van der Waals surface area (Å²) in [5.74, 6) is 1.52. The van der Waals surface area contributed by atoms with Crippen LogP contribution in [0.4, 0.5) is 5.69 Å². The zero-order valence-corrected chi connectivity index (χ0v) is 14.6. The van der Waals surface area contributed by atoms with E-state index in [1.54, 1.807) is 24.3 Å². The lowest BCUT2D eigenvalue weighted by Crippen LogP contribution is -2.24. The molecule has 3 nitrogen and oxygen atoms in total. The minimum absolute atomic E-state index is 0.126. The number of diazo groups is 1. The summed E-state index contributed by atoms with van der Waals surface area (Å²) in [4.78, 5) is 3.13. The third kappa shape index (κ3) is 4.82. The van der Waals surface area contributed by atoms with Gasteiger partial charge in [0.15, 0.2) is 4.98 Å². The van der Waals surface area contributed by atoms with Crippen molar-refractivity contribution in [2.75, 3.05) is 0 Å². The average Bonchev–Trinajstić information content (AvgIpc) is 2.46. The number of hydrogen-bond acceptors (Lipinski definition) is 2. The molecule has 0 aliphatic heterocycles. The molecular weight excluding hydrogens is 284 g/mol. The fourth-order valence-electron chi connectivity index (χ4n) is 3.12. The van der Waals surface area contributed by atoms with E-state index in [1.165, 1.54) is 5.56 Å². The Hall–Kier alpha value is -2.34. The zero-order valence-electron chi connectivity index (χ0n) is 14.6. The van der Waals surface area contributed by atoms with Gasteiger partial charge in [-0.3, -0.25) is 0 Å². The Labute approximate surface area is 138 Å². The van der Waals surface area contributed by atoms with Gasteiger partial charge in [0, 0.05) is 12.1 Å². The molecule has 2 aromatic rings. The molecular formula is C20H25N2O+. The van der Waals surface area contributed by atoms with Crippen molar-refractivity contribution in [1.29, 1.82) is 5.39 Å². The molecule has 2 rings (SSSR count). The molecule has 0 aromatic heterocycles. The summed E-state index contributed by atoms with van der Waals surface area (Å²) in [5, 5.41) is 8.69. The van der Waals surface area contributed by atoms with Crippen LogP contribution in [-0.2, 0) is 5.41 Å². The Morgan fingerprint density at radius 1 is 0.826 bits per heavy atom. The van der Waals surface area contributed by atoms with E-state index < -0.39 is 0 Å². The lowest BCUT2D eigenvalue weighted by Gasteiger charge is -2.33. The molecule has 0 saturated heterocycles. The molecule has 0 amide bonds. The molecule has 0 fully saturated rings. The van der Waals surface area contributed by atoms with Crippen LogP contribution in [-0.4, -0.2) is 0 Å². The Bertz CT molecular complexity index is 686. The van der Waals surface area contributed by atoms with E-state index in [0.717, 1.165) is 17.9 Å². The first-order chi connectivity index (χ1) is 10.7. The van der Waals surface area contributed by atoms with Gasteiger partial charge in [-0.2, -0.15) is 0 Å². The van der Waals surface area contributed by atoms with Crippen LogP contribution in [0.3, 0.4) is 0 Å². The fraction of sp³-hybridized carbons (Fsp3) is 0.400. The van der Waals surface area contributed by atoms with Gasteiger partial charge < -0.3 is 4.74 Å². The van der Waals surface area contributed by atoms with Crippen LogP contribution in [0.2, 0.25) is 0 Å². The van der Waals surface area contributed by atoms with E-state index in [9.17, 15) is 0 Å². The largest absolute Gasteiger partial charge is 0.457 e. The predicted molar refractivity (Wildman–Crippen MR) is 94.8 cm³/mol. The molecule has 0 aliphatic carbocycles. The second kappa shape index (κ2) is 6.42. The maximum Gasteiger partial charge on any atom is 0.385 e. The Morgan fingerprint density at radius 2 is 1.30 bits per heavy atom. The minimum Gasteiger partial charge on any atom is -0.457 e. The number of nitrogens with zero attached hydrogens (tertiary/aromatic N) is 2. The van der Waals surface area contributed by atoms with Gasteiger partial charge in [0.1, 0.15) is 11.5 Å². The first-order valence-corrected chi connectivity index (χ1v) is 7.93. The monoisotopic (exact) mass is 309 g/mol. The summed E-state index contributed by atoms with van der Waals surface area (Å²) in [5.41, 5.74) is 2.24.